The number of rotatable bonds is 3. The molecule has 2 heteroatoms. The second-order valence-corrected chi connectivity index (χ2v) is 4.07. The van der Waals surface area contributed by atoms with Gasteiger partial charge < -0.3 is 10.6 Å². The van der Waals surface area contributed by atoms with E-state index in [1.54, 1.807) is 0 Å². The highest BCUT2D eigenvalue weighted by atomic mass is 15.1. The van der Waals surface area contributed by atoms with Crippen molar-refractivity contribution in [1.82, 2.24) is 4.90 Å². The van der Waals surface area contributed by atoms with E-state index in [0.717, 1.165) is 18.4 Å². The third kappa shape index (κ3) is 2.46. The predicted molar refractivity (Wildman–Crippen MR) is 53.1 cm³/mol. The zero-order valence-electron chi connectivity index (χ0n) is 8.42. The monoisotopic (exact) mass is 170 g/mol. The van der Waals surface area contributed by atoms with Crippen molar-refractivity contribution in [1.29, 1.82) is 0 Å². The molecule has 1 aliphatic heterocycles. The first-order valence-electron chi connectivity index (χ1n) is 5.16. The van der Waals surface area contributed by atoms with Crippen LogP contribution in [0.1, 0.15) is 26.2 Å². The number of nitrogens with two attached hydrogens (primary N) is 1. The maximum absolute atomic E-state index is 5.74. The molecule has 1 aliphatic rings. The molecule has 2 unspecified atom stereocenters. The molecule has 0 saturated carbocycles. The number of likely N-dealkylation sites (tertiary alicyclic amines) is 1. The van der Waals surface area contributed by atoms with Crippen molar-refractivity contribution in [3.8, 4) is 0 Å². The summed E-state index contributed by atoms with van der Waals surface area (Å²) in [6.45, 7) is 5.66. The predicted octanol–water partition coefficient (Wildman–Crippen LogP) is 1.31. The van der Waals surface area contributed by atoms with Crippen LogP contribution in [0.3, 0.4) is 0 Å². The van der Waals surface area contributed by atoms with Crippen LogP contribution in [-0.2, 0) is 0 Å². The normalized spacial score (nSPS) is 28.8. The largest absolute Gasteiger partial charge is 0.330 e. The van der Waals surface area contributed by atoms with E-state index in [1.807, 2.05) is 0 Å². The van der Waals surface area contributed by atoms with Crippen molar-refractivity contribution in [3.05, 3.63) is 0 Å². The molecule has 2 N–H and O–H groups in total. The summed E-state index contributed by atoms with van der Waals surface area (Å²) < 4.78 is 0. The Kier molecular flexibility index (Phi) is 4.02. The lowest BCUT2D eigenvalue weighted by molar-refractivity contribution is 0.159. The van der Waals surface area contributed by atoms with Gasteiger partial charge in [-0.2, -0.15) is 0 Å². The maximum Gasteiger partial charge on any atom is 0.000974 e. The van der Waals surface area contributed by atoms with E-state index >= 15 is 0 Å². The molecular weight excluding hydrogens is 148 g/mol. The lowest BCUT2D eigenvalue weighted by atomic mass is 9.84. The van der Waals surface area contributed by atoms with Gasteiger partial charge in [0, 0.05) is 6.54 Å². The molecule has 1 fully saturated rings. The van der Waals surface area contributed by atoms with Gasteiger partial charge in [-0.05, 0) is 44.8 Å². The third-order valence-electron chi connectivity index (χ3n) is 3.15. The molecule has 0 radical (unpaired) electrons. The Morgan fingerprint density at radius 1 is 1.58 bits per heavy atom. The van der Waals surface area contributed by atoms with Crippen molar-refractivity contribution in [2.24, 2.45) is 17.6 Å². The van der Waals surface area contributed by atoms with Crippen LogP contribution in [0.15, 0.2) is 0 Å². The maximum atomic E-state index is 5.74. The molecule has 0 aliphatic carbocycles. The van der Waals surface area contributed by atoms with Gasteiger partial charge in [0.25, 0.3) is 0 Å². The SMILES string of the molecule is CCC(CN)C1CCCN(C)C1. The molecule has 12 heavy (non-hydrogen) atoms. The number of hydrogen-bond donors (Lipinski definition) is 1. The Balaban J connectivity index is 2.38. The van der Waals surface area contributed by atoms with Crippen molar-refractivity contribution >= 4 is 0 Å². The fourth-order valence-corrected chi connectivity index (χ4v) is 2.28. The van der Waals surface area contributed by atoms with Gasteiger partial charge in [0.2, 0.25) is 0 Å². The molecule has 2 atom stereocenters. The molecule has 0 aromatic rings. The molecule has 1 saturated heterocycles. The van der Waals surface area contributed by atoms with E-state index in [-0.39, 0.29) is 0 Å². The topological polar surface area (TPSA) is 29.3 Å². The molecule has 1 heterocycles. The van der Waals surface area contributed by atoms with E-state index in [2.05, 4.69) is 18.9 Å². The van der Waals surface area contributed by atoms with Crippen LogP contribution in [0.4, 0.5) is 0 Å². The van der Waals surface area contributed by atoms with Gasteiger partial charge in [0.05, 0.1) is 0 Å². The Morgan fingerprint density at radius 3 is 2.83 bits per heavy atom. The smallest absolute Gasteiger partial charge is 0.000974 e. The van der Waals surface area contributed by atoms with Gasteiger partial charge in [-0.1, -0.05) is 13.3 Å². The average Bonchev–Trinajstić information content (AvgIpc) is 2.07. The highest BCUT2D eigenvalue weighted by molar-refractivity contribution is 4.76. The van der Waals surface area contributed by atoms with Gasteiger partial charge >= 0.3 is 0 Å². The number of nitrogens with zero attached hydrogens (tertiary/aromatic N) is 1. The van der Waals surface area contributed by atoms with Gasteiger partial charge in [-0.3, -0.25) is 0 Å². The zero-order valence-corrected chi connectivity index (χ0v) is 8.42. The van der Waals surface area contributed by atoms with Crippen molar-refractivity contribution in [3.63, 3.8) is 0 Å². The summed E-state index contributed by atoms with van der Waals surface area (Å²) in [6.07, 6.45) is 3.99. The Hall–Kier alpha value is -0.0800. The first kappa shape index (κ1) is 10.0. The van der Waals surface area contributed by atoms with Crippen molar-refractivity contribution < 1.29 is 0 Å². The van der Waals surface area contributed by atoms with Crippen molar-refractivity contribution in [2.45, 2.75) is 26.2 Å². The molecule has 0 bridgehead atoms. The zero-order chi connectivity index (χ0) is 8.97. The van der Waals surface area contributed by atoms with E-state index in [1.165, 1.54) is 32.4 Å². The van der Waals surface area contributed by atoms with Gasteiger partial charge in [0.1, 0.15) is 0 Å². The highest BCUT2D eigenvalue weighted by Gasteiger charge is 2.23. The minimum Gasteiger partial charge on any atom is -0.330 e. The first-order valence-corrected chi connectivity index (χ1v) is 5.16. The second kappa shape index (κ2) is 4.83. The second-order valence-electron chi connectivity index (χ2n) is 4.07. The van der Waals surface area contributed by atoms with E-state index < -0.39 is 0 Å². The minimum absolute atomic E-state index is 0.757. The number of hydrogen-bond acceptors (Lipinski definition) is 2. The van der Waals surface area contributed by atoms with Crippen LogP contribution >= 0.6 is 0 Å². The molecule has 0 aromatic carbocycles. The fourth-order valence-electron chi connectivity index (χ4n) is 2.28. The Morgan fingerprint density at radius 2 is 2.33 bits per heavy atom. The van der Waals surface area contributed by atoms with E-state index in [9.17, 15) is 0 Å². The summed E-state index contributed by atoms with van der Waals surface area (Å²) in [5.74, 6) is 1.62. The third-order valence-corrected chi connectivity index (χ3v) is 3.15. The van der Waals surface area contributed by atoms with Crippen LogP contribution in [0.5, 0.6) is 0 Å². The Bertz CT molecular complexity index is 121. The lowest BCUT2D eigenvalue weighted by Crippen LogP contribution is -2.37. The van der Waals surface area contributed by atoms with Crippen LogP contribution < -0.4 is 5.73 Å². The fraction of sp³-hybridized carbons (Fsp3) is 1.00. The molecule has 0 amide bonds. The van der Waals surface area contributed by atoms with Gasteiger partial charge in [-0.25, -0.2) is 0 Å². The van der Waals surface area contributed by atoms with Gasteiger partial charge in [0.15, 0.2) is 0 Å². The molecular formula is C10H22N2. The van der Waals surface area contributed by atoms with Crippen LogP contribution in [0.2, 0.25) is 0 Å². The molecule has 0 spiro atoms. The van der Waals surface area contributed by atoms with E-state index in [4.69, 9.17) is 5.73 Å². The van der Waals surface area contributed by atoms with E-state index in [0.29, 0.717) is 0 Å². The standard InChI is InChI=1S/C10H22N2/c1-3-9(7-11)10-5-4-6-12(2)8-10/h9-10H,3-8,11H2,1-2H3. The summed E-state index contributed by atoms with van der Waals surface area (Å²) >= 11 is 0. The van der Waals surface area contributed by atoms with Crippen LogP contribution in [-0.4, -0.2) is 31.6 Å². The highest BCUT2D eigenvalue weighted by Crippen LogP contribution is 2.24. The Labute approximate surface area is 76.1 Å². The van der Waals surface area contributed by atoms with Gasteiger partial charge in [-0.15, -0.1) is 0 Å². The van der Waals surface area contributed by atoms with Crippen LogP contribution in [0, 0.1) is 11.8 Å². The summed E-state index contributed by atoms with van der Waals surface area (Å²) in [5, 5.41) is 0. The first-order chi connectivity index (χ1) is 5.77. The molecule has 1 rings (SSSR count). The number of piperidine rings is 1. The quantitative estimate of drug-likeness (QED) is 0.692. The van der Waals surface area contributed by atoms with Crippen molar-refractivity contribution in [2.75, 3.05) is 26.7 Å². The van der Waals surface area contributed by atoms with Crippen LogP contribution in [0.25, 0.3) is 0 Å². The summed E-state index contributed by atoms with van der Waals surface area (Å²) in [6, 6.07) is 0. The minimum atomic E-state index is 0.757. The molecule has 0 aromatic heterocycles. The summed E-state index contributed by atoms with van der Waals surface area (Å²) in [4.78, 5) is 2.44. The average molecular weight is 170 g/mol. The molecule has 72 valence electrons. The molecule has 2 nitrogen and oxygen atoms in total. The lowest BCUT2D eigenvalue weighted by Gasteiger charge is -2.34. The summed E-state index contributed by atoms with van der Waals surface area (Å²) in [7, 11) is 2.22. The summed E-state index contributed by atoms with van der Waals surface area (Å²) in [5.41, 5.74) is 5.74.